The summed E-state index contributed by atoms with van der Waals surface area (Å²) in [5, 5.41) is 9.50. The highest BCUT2D eigenvalue weighted by molar-refractivity contribution is 7.87. The van der Waals surface area contributed by atoms with E-state index in [4.69, 9.17) is 9.84 Å². The van der Waals surface area contributed by atoms with Crippen LogP contribution in [0.4, 0.5) is 9.18 Å². The molecule has 3 N–H and O–H groups in total. The number of nitrogens with zero attached hydrogens (tertiary/aromatic N) is 2. The molecule has 0 spiro atoms. The van der Waals surface area contributed by atoms with Crippen molar-refractivity contribution in [2.75, 3.05) is 20.2 Å². The second kappa shape index (κ2) is 8.24. The molecule has 3 heterocycles. The Bertz CT molecular complexity index is 1350. The second-order valence-corrected chi connectivity index (χ2v) is 9.03. The molecule has 11 heteroatoms. The number of methoxy groups -OCH3 is 1. The van der Waals surface area contributed by atoms with Gasteiger partial charge in [-0.15, -0.1) is 0 Å². The minimum Gasteiger partial charge on any atom is -0.496 e. The first-order chi connectivity index (χ1) is 15.2. The molecule has 1 aliphatic rings. The molecule has 1 aromatic carbocycles. The summed E-state index contributed by atoms with van der Waals surface area (Å²) in [6.45, 7) is 2.04. The van der Waals surface area contributed by atoms with Crippen LogP contribution in [0, 0.1) is 12.7 Å². The third-order valence-corrected chi connectivity index (χ3v) is 6.80. The lowest BCUT2D eigenvalue weighted by atomic mass is 9.97. The van der Waals surface area contributed by atoms with Crippen LogP contribution in [0.1, 0.15) is 17.7 Å². The lowest BCUT2D eigenvalue weighted by molar-refractivity contribution is 0.200. The van der Waals surface area contributed by atoms with Crippen molar-refractivity contribution in [1.29, 1.82) is 0 Å². The van der Waals surface area contributed by atoms with Gasteiger partial charge in [0.05, 0.1) is 7.11 Å². The van der Waals surface area contributed by atoms with Crippen LogP contribution in [-0.2, 0) is 10.2 Å². The van der Waals surface area contributed by atoms with E-state index in [1.807, 2.05) is 13.0 Å². The highest BCUT2D eigenvalue weighted by atomic mass is 32.2. The van der Waals surface area contributed by atoms with Gasteiger partial charge in [0.2, 0.25) is 0 Å². The first-order valence-electron chi connectivity index (χ1n) is 9.72. The fourth-order valence-electron chi connectivity index (χ4n) is 3.87. The first-order valence-corrected chi connectivity index (χ1v) is 11.2. The zero-order valence-corrected chi connectivity index (χ0v) is 18.2. The normalized spacial score (nSPS) is 14.9. The molecule has 168 valence electrons. The van der Waals surface area contributed by atoms with Crippen molar-refractivity contribution in [2.24, 2.45) is 0 Å². The van der Waals surface area contributed by atoms with Crippen molar-refractivity contribution in [3.05, 3.63) is 53.6 Å². The summed E-state index contributed by atoms with van der Waals surface area (Å²) in [5.74, 6) is 0.153. The first kappa shape index (κ1) is 21.8. The van der Waals surface area contributed by atoms with Crippen molar-refractivity contribution in [3.63, 3.8) is 0 Å². The molecule has 0 fully saturated rings. The van der Waals surface area contributed by atoms with Crippen LogP contribution in [0.15, 0.2) is 36.5 Å². The molecule has 0 bridgehead atoms. The predicted molar refractivity (Wildman–Crippen MR) is 117 cm³/mol. The molecule has 1 aliphatic heterocycles. The number of hydrogen-bond acceptors (Lipinski definition) is 5. The second-order valence-electron chi connectivity index (χ2n) is 7.36. The van der Waals surface area contributed by atoms with E-state index in [1.54, 1.807) is 18.3 Å². The SMILES string of the molecule is COc1ccc(F)cc1-c1c(C)cnc2[nH]c(C3=CCN(S(=O)(=O)NC(=O)O)CC3)cc12. The Morgan fingerprint density at radius 1 is 1.34 bits per heavy atom. The highest BCUT2D eigenvalue weighted by Crippen LogP contribution is 2.38. The maximum atomic E-state index is 14.0. The average molecular weight is 460 g/mol. The molecule has 0 saturated heterocycles. The number of amides is 1. The Kier molecular flexibility index (Phi) is 5.61. The van der Waals surface area contributed by atoms with Gasteiger partial charge in [0.1, 0.15) is 17.2 Å². The molecule has 0 atom stereocenters. The van der Waals surface area contributed by atoms with E-state index in [0.29, 0.717) is 23.4 Å². The van der Waals surface area contributed by atoms with Gasteiger partial charge in [-0.05, 0) is 48.7 Å². The number of carboxylic acid groups (broad SMARTS) is 1. The van der Waals surface area contributed by atoms with Crippen LogP contribution >= 0.6 is 0 Å². The number of ether oxygens (including phenoxy) is 1. The number of aromatic amines is 1. The molecule has 0 unspecified atom stereocenters. The number of halogens is 1. The lowest BCUT2D eigenvalue weighted by Gasteiger charge is -2.24. The van der Waals surface area contributed by atoms with Crippen molar-refractivity contribution in [2.45, 2.75) is 13.3 Å². The summed E-state index contributed by atoms with van der Waals surface area (Å²) in [6, 6.07) is 6.24. The number of rotatable bonds is 5. The van der Waals surface area contributed by atoms with E-state index in [1.165, 1.54) is 24.0 Å². The van der Waals surface area contributed by atoms with Crippen LogP contribution in [0.2, 0.25) is 0 Å². The van der Waals surface area contributed by atoms with Gasteiger partial charge in [0.15, 0.2) is 0 Å². The van der Waals surface area contributed by atoms with Gasteiger partial charge in [0, 0.05) is 41.5 Å². The third-order valence-electron chi connectivity index (χ3n) is 5.35. The Hall–Kier alpha value is -3.44. The van der Waals surface area contributed by atoms with Gasteiger partial charge < -0.3 is 14.8 Å². The van der Waals surface area contributed by atoms with Crippen molar-refractivity contribution >= 4 is 32.9 Å². The maximum absolute atomic E-state index is 14.0. The fraction of sp³-hybridized carbons (Fsp3) is 0.238. The molecule has 9 nitrogen and oxygen atoms in total. The van der Waals surface area contributed by atoms with E-state index in [0.717, 1.165) is 32.1 Å². The Balaban J connectivity index is 1.73. The summed E-state index contributed by atoms with van der Waals surface area (Å²) >= 11 is 0. The number of H-pyrrole nitrogens is 1. The zero-order chi connectivity index (χ0) is 23.0. The third kappa shape index (κ3) is 4.04. The molecule has 32 heavy (non-hydrogen) atoms. The predicted octanol–water partition coefficient (Wildman–Crippen LogP) is 3.29. The van der Waals surface area contributed by atoms with Gasteiger partial charge in [-0.25, -0.2) is 18.9 Å². The van der Waals surface area contributed by atoms with Crippen molar-refractivity contribution < 1.29 is 27.4 Å². The quantitative estimate of drug-likeness (QED) is 0.537. The van der Waals surface area contributed by atoms with Crippen LogP contribution in [0.25, 0.3) is 27.7 Å². The van der Waals surface area contributed by atoms with Crippen LogP contribution in [0.3, 0.4) is 0 Å². The van der Waals surface area contributed by atoms with Gasteiger partial charge >= 0.3 is 16.3 Å². The van der Waals surface area contributed by atoms with Crippen LogP contribution in [-0.4, -0.2) is 54.1 Å². The average Bonchev–Trinajstić information content (AvgIpc) is 3.17. The lowest BCUT2D eigenvalue weighted by Crippen LogP contribution is -2.44. The van der Waals surface area contributed by atoms with E-state index in [9.17, 15) is 17.6 Å². The highest BCUT2D eigenvalue weighted by Gasteiger charge is 2.27. The molecule has 3 aromatic rings. The van der Waals surface area contributed by atoms with E-state index in [2.05, 4.69) is 9.97 Å². The van der Waals surface area contributed by atoms with Crippen LogP contribution in [0.5, 0.6) is 5.75 Å². The summed E-state index contributed by atoms with van der Waals surface area (Å²) in [6.07, 6.45) is 2.18. The number of aryl methyl sites for hydroxylation is 1. The van der Waals surface area contributed by atoms with Crippen molar-refractivity contribution in [1.82, 2.24) is 19.0 Å². The standard InChI is InChI=1S/C21H21FN4O5S/c1-12-11-23-20-16(19(12)15-9-14(22)3-4-18(15)31-2)10-17(24-20)13-5-7-26(8-6-13)32(29,30)25-21(27)28/h3-5,9-11,25H,6-8H2,1-2H3,(H,23,24)(H,27,28). The number of carbonyl (C=O) groups is 1. The number of hydrogen-bond donors (Lipinski definition) is 3. The minimum absolute atomic E-state index is 0.0321. The van der Waals surface area contributed by atoms with Gasteiger partial charge in [-0.1, -0.05) is 6.08 Å². The molecule has 0 aliphatic carbocycles. The number of benzene rings is 1. The van der Waals surface area contributed by atoms with E-state index < -0.39 is 16.3 Å². The minimum atomic E-state index is -4.11. The Morgan fingerprint density at radius 3 is 2.78 bits per heavy atom. The Morgan fingerprint density at radius 2 is 2.12 bits per heavy atom. The molecular weight excluding hydrogens is 439 g/mol. The topological polar surface area (TPSA) is 125 Å². The van der Waals surface area contributed by atoms with E-state index >= 15 is 0 Å². The summed E-state index contributed by atoms with van der Waals surface area (Å²) < 4.78 is 46.2. The van der Waals surface area contributed by atoms with Crippen LogP contribution < -0.4 is 9.46 Å². The van der Waals surface area contributed by atoms with Crippen molar-refractivity contribution in [3.8, 4) is 16.9 Å². The summed E-state index contributed by atoms with van der Waals surface area (Å²) in [7, 11) is -2.58. The maximum Gasteiger partial charge on any atom is 0.419 e. The van der Waals surface area contributed by atoms with Gasteiger partial charge in [0.25, 0.3) is 0 Å². The largest absolute Gasteiger partial charge is 0.496 e. The monoisotopic (exact) mass is 460 g/mol. The number of fused-ring (bicyclic) bond motifs is 1. The molecule has 1 amide bonds. The summed E-state index contributed by atoms with van der Waals surface area (Å²) in [4.78, 5) is 18.4. The molecule has 2 aromatic heterocycles. The smallest absolute Gasteiger partial charge is 0.419 e. The molecule has 0 radical (unpaired) electrons. The molecule has 0 saturated carbocycles. The van der Waals surface area contributed by atoms with Gasteiger partial charge in [-0.2, -0.15) is 12.7 Å². The number of nitrogens with one attached hydrogen (secondary N) is 2. The number of pyridine rings is 1. The summed E-state index contributed by atoms with van der Waals surface area (Å²) in [5.41, 5.74) is 4.49. The molecular formula is C21H21FN4O5S. The Labute approximate surface area is 183 Å². The zero-order valence-electron chi connectivity index (χ0n) is 17.3. The fourth-order valence-corrected chi connectivity index (χ4v) is 4.82. The number of aromatic nitrogens is 2. The van der Waals surface area contributed by atoms with Gasteiger partial charge in [-0.3, -0.25) is 0 Å². The molecule has 4 rings (SSSR count). The van der Waals surface area contributed by atoms with E-state index in [-0.39, 0.29) is 18.9 Å².